The van der Waals surface area contributed by atoms with Crippen molar-refractivity contribution in [1.82, 2.24) is 0 Å². The Morgan fingerprint density at radius 3 is 2.04 bits per heavy atom. The minimum atomic E-state index is -0.187. The number of carbonyl (C=O) groups is 1. The molecule has 0 aromatic heterocycles. The van der Waals surface area contributed by atoms with Gasteiger partial charge in [-0.1, -0.05) is 36.4 Å². The molecule has 0 aliphatic heterocycles. The number of rotatable bonds is 6. The first-order valence-corrected chi connectivity index (χ1v) is 8.09. The molecule has 3 aromatic rings. The van der Waals surface area contributed by atoms with Crippen LogP contribution in [0.1, 0.15) is 0 Å². The van der Waals surface area contributed by atoms with Crippen LogP contribution in [0, 0.1) is 0 Å². The normalized spacial score (nSPS) is 10.1. The Morgan fingerprint density at radius 1 is 0.840 bits per heavy atom. The lowest BCUT2D eigenvalue weighted by Crippen LogP contribution is -2.20. The Hall–Kier alpha value is -3.27. The first-order chi connectivity index (χ1) is 12.2. The van der Waals surface area contributed by atoms with Gasteiger partial charge in [0.15, 0.2) is 6.61 Å². The van der Waals surface area contributed by atoms with E-state index in [1.807, 2.05) is 79.8 Å². The van der Waals surface area contributed by atoms with Crippen molar-refractivity contribution in [3.8, 4) is 5.75 Å². The van der Waals surface area contributed by atoms with Gasteiger partial charge in [-0.25, -0.2) is 0 Å². The molecular weight excluding hydrogens is 312 g/mol. The van der Waals surface area contributed by atoms with Gasteiger partial charge in [0.25, 0.3) is 5.91 Å². The fraction of sp³-hybridized carbons (Fsp3) is 0.0952. The van der Waals surface area contributed by atoms with Crippen LogP contribution in [0.5, 0.6) is 5.75 Å². The fourth-order valence-corrected chi connectivity index (χ4v) is 2.43. The van der Waals surface area contributed by atoms with Crippen LogP contribution in [0.4, 0.5) is 17.1 Å². The summed E-state index contributed by atoms with van der Waals surface area (Å²) in [6.45, 7) is -0.0182. The molecule has 0 aliphatic carbocycles. The molecular formula is C21H20N2O2. The number of para-hydroxylation sites is 2. The van der Waals surface area contributed by atoms with Gasteiger partial charge in [0.05, 0.1) is 0 Å². The van der Waals surface area contributed by atoms with Crippen molar-refractivity contribution < 1.29 is 9.53 Å². The summed E-state index contributed by atoms with van der Waals surface area (Å²) in [6.07, 6.45) is 0. The smallest absolute Gasteiger partial charge is 0.262 e. The third-order valence-corrected chi connectivity index (χ3v) is 3.79. The van der Waals surface area contributed by atoms with Crippen LogP contribution in [0.15, 0.2) is 84.9 Å². The van der Waals surface area contributed by atoms with Gasteiger partial charge in [-0.15, -0.1) is 0 Å². The first kappa shape index (κ1) is 16.6. The molecule has 4 heteroatoms. The lowest BCUT2D eigenvalue weighted by molar-refractivity contribution is -0.118. The summed E-state index contributed by atoms with van der Waals surface area (Å²) in [6, 6.07) is 27.1. The first-order valence-electron chi connectivity index (χ1n) is 8.09. The standard InChI is InChI=1S/C21H20N2O2/c1-23(18-8-4-2-5-9-18)19-14-12-17(13-15-19)22-21(24)16-25-20-10-6-3-7-11-20/h2-15H,16H2,1H3,(H,22,24). The minimum absolute atomic E-state index is 0.0182. The maximum atomic E-state index is 12.0. The second-order valence-corrected chi connectivity index (χ2v) is 5.59. The van der Waals surface area contributed by atoms with Crippen LogP contribution in [-0.4, -0.2) is 19.6 Å². The highest BCUT2D eigenvalue weighted by Gasteiger charge is 2.06. The Balaban J connectivity index is 1.56. The van der Waals surface area contributed by atoms with Crippen LogP contribution in [-0.2, 0) is 4.79 Å². The molecule has 0 aliphatic rings. The van der Waals surface area contributed by atoms with Gasteiger partial charge in [-0.2, -0.15) is 0 Å². The molecule has 0 heterocycles. The van der Waals surface area contributed by atoms with Crippen molar-refractivity contribution in [2.75, 3.05) is 23.9 Å². The summed E-state index contributed by atoms with van der Waals surface area (Å²) >= 11 is 0. The average molecular weight is 332 g/mol. The van der Waals surface area contributed by atoms with Crippen molar-refractivity contribution in [3.05, 3.63) is 84.9 Å². The molecule has 3 aromatic carbocycles. The molecule has 0 spiro atoms. The van der Waals surface area contributed by atoms with E-state index < -0.39 is 0 Å². The van der Waals surface area contributed by atoms with Crippen molar-refractivity contribution in [1.29, 1.82) is 0 Å². The van der Waals surface area contributed by atoms with Crippen LogP contribution >= 0.6 is 0 Å². The molecule has 126 valence electrons. The third kappa shape index (κ3) is 4.61. The quantitative estimate of drug-likeness (QED) is 0.724. The second kappa shape index (κ2) is 8.02. The average Bonchev–Trinajstić information content (AvgIpc) is 2.68. The Morgan fingerprint density at radius 2 is 1.40 bits per heavy atom. The van der Waals surface area contributed by atoms with E-state index in [1.165, 1.54) is 0 Å². The van der Waals surface area contributed by atoms with E-state index in [2.05, 4.69) is 22.3 Å². The third-order valence-electron chi connectivity index (χ3n) is 3.79. The SMILES string of the molecule is CN(c1ccccc1)c1ccc(NC(=O)COc2ccccc2)cc1. The number of benzene rings is 3. The number of hydrogen-bond donors (Lipinski definition) is 1. The van der Waals surface area contributed by atoms with Crippen molar-refractivity contribution in [3.63, 3.8) is 0 Å². The summed E-state index contributed by atoms with van der Waals surface area (Å²) in [4.78, 5) is 14.1. The van der Waals surface area contributed by atoms with Gasteiger partial charge in [0.1, 0.15) is 5.75 Å². The molecule has 0 unspecified atom stereocenters. The number of amides is 1. The number of nitrogens with one attached hydrogen (secondary N) is 1. The fourth-order valence-electron chi connectivity index (χ4n) is 2.43. The highest BCUT2D eigenvalue weighted by molar-refractivity contribution is 5.92. The lowest BCUT2D eigenvalue weighted by Gasteiger charge is -2.19. The van der Waals surface area contributed by atoms with E-state index >= 15 is 0 Å². The summed E-state index contributed by atoms with van der Waals surface area (Å²) in [5.41, 5.74) is 2.90. The van der Waals surface area contributed by atoms with Gasteiger partial charge >= 0.3 is 0 Å². The molecule has 0 atom stereocenters. The van der Waals surface area contributed by atoms with Gasteiger partial charge in [0, 0.05) is 24.1 Å². The zero-order chi connectivity index (χ0) is 17.5. The van der Waals surface area contributed by atoms with Crippen LogP contribution in [0.25, 0.3) is 0 Å². The molecule has 25 heavy (non-hydrogen) atoms. The Kier molecular flexibility index (Phi) is 5.32. The molecule has 0 fully saturated rings. The van der Waals surface area contributed by atoms with Crippen molar-refractivity contribution >= 4 is 23.0 Å². The Labute approximate surface area is 147 Å². The predicted molar refractivity (Wildman–Crippen MR) is 102 cm³/mol. The summed E-state index contributed by atoms with van der Waals surface area (Å²) in [7, 11) is 2.01. The van der Waals surface area contributed by atoms with E-state index in [4.69, 9.17) is 4.74 Å². The summed E-state index contributed by atoms with van der Waals surface area (Å²) < 4.78 is 5.44. The Bertz CT molecular complexity index is 802. The molecule has 0 bridgehead atoms. The van der Waals surface area contributed by atoms with Gasteiger partial charge in [-0.05, 0) is 48.5 Å². The molecule has 0 radical (unpaired) electrons. The second-order valence-electron chi connectivity index (χ2n) is 5.59. The minimum Gasteiger partial charge on any atom is -0.484 e. The van der Waals surface area contributed by atoms with Gasteiger partial charge < -0.3 is 15.0 Å². The molecule has 1 N–H and O–H groups in total. The van der Waals surface area contributed by atoms with E-state index in [-0.39, 0.29) is 12.5 Å². The zero-order valence-electron chi connectivity index (χ0n) is 14.1. The van der Waals surface area contributed by atoms with Crippen LogP contribution in [0.2, 0.25) is 0 Å². The van der Waals surface area contributed by atoms with Gasteiger partial charge in [0.2, 0.25) is 0 Å². The zero-order valence-corrected chi connectivity index (χ0v) is 14.1. The highest BCUT2D eigenvalue weighted by atomic mass is 16.5. The molecule has 0 saturated carbocycles. The monoisotopic (exact) mass is 332 g/mol. The number of nitrogens with zero attached hydrogens (tertiary/aromatic N) is 1. The number of anilines is 3. The highest BCUT2D eigenvalue weighted by Crippen LogP contribution is 2.24. The molecule has 3 rings (SSSR count). The van der Waals surface area contributed by atoms with E-state index in [1.54, 1.807) is 0 Å². The molecule has 4 nitrogen and oxygen atoms in total. The number of carbonyl (C=O) groups excluding carboxylic acids is 1. The van der Waals surface area contributed by atoms with Gasteiger partial charge in [-0.3, -0.25) is 4.79 Å². The van der Waals surface area contributed by atoms with E-state index in [0.29, 0.717) is 5.75 Å². The predicted octanol–water partition coefficient (Wildman–Crippen LogP) is 4.47. The largest absolute Gasteiger partial charge is 0.484 e. The number of ether oxygens (including phenoxy) is 1. The molecule has 0 saturated heterocycles. The van der Waals surface area contributed by atoms with Crippen molar-refractivity contribution in [2.45, 2.75) is 0 Å². The van der Waals surface area contributed by atoms with Crippen LogP contribution < -0.4 is 15.0 Å². The maximum Gasteiger partial charge on any atom is 0.262 e. The lowest BCUT2D eigenvalue weighted by atomic mass is 10.2. The van der Waals surface area contributed by atoms with E-state index in [9.17, 15) is 4.79 Å². The van der Waals surface area contributed by atoms with Crippen LogP contribution in [0.3, 0.4) is 0 Å². The summed E-state index contributed by atoms with van der Waals surface area (Å²) in [5.74, 6) is 0.491. The maximum absolute atomic E-state index is 12.0. The number of hydrogen-bond acceptors (Lipinski definition) is 3. The molecule has 1 amide bonds. The van der Waals surface area contributed by atoms with Crippen molar-refractivity contribution in [2.24, 2.45) is 0 Å². The summed E-state index contributed by atoms with van der Waals surface area (Å²) in [5, 5.41) is 2.84. The topological polar surface area (TPSA) is 41.6 Å². The van der Waals surface area contributed by atoms with E-state index in [0.717, 1.165) is 17.1 Å².